The van der Waals surface area contributed by atoms with Gasteiger partial charge >= 0.3 is 0 Å². The summed E-state index contributed by atoms with van der Waals surface area (Å²) in [7, 11) is 0. The van der Waals surface area contributed by atoms with Crippen molar-refractivity contribution >= 4 is 0 Å². The zero-order valence-electron chi connectivity index (χ0n) is 20.1. The topological polar surface area (TPSA) is 40.5 Å². The van der Waals surface area contributed by atoms with Gasteiger partial charge in [-0.2, -0.15) is 0 Å². The van der Waals surface area contributed by atoms with Gasteiger partial charge in [-0.1, -0.05) is 44.1 Å². The third-order valence-electron chi connectivity index (χ3n) is 9.62. The minimum absolute atomic E-state index is 0.0559. The maximum absolute atomic E-state index is 14.7. The zero-order valence-corrected chi connectivity index (χ0v) is 20.1. The molecule has 2 nitrogen and oxygen atoms in total. The first-order chi connectivity index (χ1) is 14.3. The van der Waals surface area contributed by atoms with Crippen LogP contribution in [0.3, 0.4) is 0 Å². The minimum Gasteiger partial charge on any atom is -0.393 e. The molecule has 4 rings (SSSR count). The Morgan fingerprint density at radius 1 is 1.06 bits per heavy atom. The Bertz CT molecular complexity index is 764. The fraction of sp³-hybridized carbons (Fsp3) is 0.852. The van der Waals surface area contributed by atoms with E-state index < -0.39 is 17.9 Å². The summed E-state index contributed by atoms with van der Waals surface area (Å²) in [5.41, 5.74) is 1.88. The lowest BCUT2D eigenvalue weighted by Gasteiger charge is -2.55. The summed E-state index contributed by atoms with van der Waals surface area (Å²) in [6, 6.07) is 0. The molecule has 3 saturated carbocycles. The van der Waals surface area contributed by atoms with Gasteiger partial charge < -0.3 is 10.2 Å². The van der Waals surface area contributed by atoms with E-state index in [2.05, 4.69) is 26.0 Å². The highest BCUT2D eigenvalue weighted by atomic mass is 19.3. The van der Waals surface area contributed by atoms with Crippen molar-refractivity contribution in [3.8, 4) is 0 Å². The van der Waals surface area contributed by atoms with Crippen LogP contribution in [0.15, 0.2) is 23.3 Å². The largest absolute Gasteiger partial charge is 0.393 e. The summed E-state index contributed by atoms with van der Waals surface area (Å²) in [6.45, 7) is 9.73. The first-order valence-electron chi connectivity index (χ1n) is 12.4. The summed E-state index contributed by atoms with van der Waals surface area (Å²) >= 11 is 0. The Hall–Kier alpha value is -0.740. The Morgan fingerprint density at radius 2 is 1.77 bits per heavy atom. The number of allylic oxidation sites excluding steroid dienone is 3. The molecule has 0 aliphatic heterocycles. The van der Waals surface area contributed by atoms with Gasteiger partial charge in [-0.25, -0.2) is 8.78 Å². The number of aliphatic hydroxyl groups excluding tert-OH is 1. The minimum atomic E-state index is -2.83. The Kier molecular flexibility index (Phi) is 5.78. The smallest absolute Gasteiger partial charge is 0.251 e. The fourth-order valence-electron chi connectivity index (χ4n) is 8.28. The van der Waals surface area contributed by atoms with Crippen molar-refractivity contribution in [2.75, 3.05) is 0 Å². The first kappa shape index (κ1) is 23.4. The standard InChI is InChI=1S/C27H42F2O2/c1-17(15-27(28,29)16-24(2,3)31)21-8-9-22-20-7-6-18-14-19(30)10-12-25(18,4)23(20)11-13-26(21,22)5/h6-7,17,19,21-23,30-31H,8-16H2,1-5H3/t17-,19?,21-,22+,23+,25+,26-/m1/s1. The van der Waals surface area contributed by atoms with Crippen molar-refractivity contribution in [3.63, 3.8) is 0 Å². The molecule has 0 heterocycles. The number of fused-ring (bicyclic) bond motifs is 5. The van der Waals surface area contributed by atoms with E-state index in [1.54, 1.807) is 5.57 Å². The molecule has 0 amide bonds. The first-order valence-corrected chi connectivity index (χ1v) is 12.4. The monoisotopic (exact) mass is 436 g/mol. The van der Waals surface area contributed by atoms with Crippen LogP contribution in [0.2, 0.25) is 0 Å². The molecule has 0 aromatic heterocycles. The van der Waals surface area contributed by atoms with Gasteiger partial charge in [0.25, 0.3) is 5.92 Å². The molecule has 1 unspecified atom stereocenters. The van der Waals surface area contributed by atoms with Gasteiger partial charge in [-0.15, -0.1) is 0 Å². The maximum atomic E-state index is 14.7. The lowest BCUT2D eigenvalue weighted by atomic mass is 9.50. The van der Waals surface area contributed by atoms with Crippen molar-refractivity contribution in [1.29, 1.82) is 0 Å². The van der Waals surface area contributed by atoms with Gasteiger partial charge in [0.15, 0.2) is 0 Å². The Morgan fingerprint density at radius 3 is 2.45 bits per heavy atom. The number of aliphatic hydroxyl groups is 2. The van der Waals surface area contributed by atoms with E-state index in [0.717, 1.165) is 44.9 Å². The molecule has 3 fully saturated rings. The highest BCUT2D eigenvalue weighted by Crippen LogP contribution is 2.66. The van der Waals surface area contributed by atoms with Crippen molar-refractivity contribution in [1.82, 2.24) is 0 Å². The molecule has 0 bridgehead atoms. The van der Waals surface area contributed by atoms with Gasteiger partial charge in [0, 0.05) is 12.8 Å². The summed E-state index contributed by atoms with van der Waals surface area (Å²) in [6.07, 6.45) is 10.9. The van der Waals surface area contributed by atoms with E-state index in [4.69, 9.17) is 0 Å². The molecule has 0 aromatic rings. The summed E-state index contributed by atoms with van der Waals surface area (Å²) < 4.78 is 29.4. The summed E-state index contributed by atoms with van der Waals surface area (Å²) in [4.78, 5) is 0. The van der Waals surface area contributed by atoms with E-state index >= 15 is 0 Å². The van der Waals surface area contributed by atoms with Crippen LogP contribution in [0.5, 0.6) is 0 Å². The number of rotatable bonds is 5. The number of hydrogen-bond donors (Lipinski definition) is 2. The molecule has 4 heteroatoms. The third kappa shape index (κ3) is 4.16. The molecular weight excluding hydrogens is 394 g/mol. The molecular formula is C27H42F2O2. The highest BCUT2D eigenvalue weighted by molar-refractivity contribution is 5.38. The molecule has 0 spiro atoms. The van der Waals surface area contributed by atoms with Crippen LogP contribution in [0, 0.1) is 34.5 Å². The predicted molar refractivity (Wildman–Crippen MR) is 121 cm³/mol. The quantitative estimate of drug-likeness (QED) is 0.505. The molecule has 0 saturated heterocycles. The van der Waals surface area contributed by atoms with Crippen molar-refractivity contribution < 1.29 is 19.0 Å². The molecule has 4 aliphatic rings. The number of halogens is 2. The second kappa shape index (κ2) is 7.65. The van der Waals surface area contributed by atoms with Gasteiger partial charge in [0.1, 0.15) is 0 Å². The van der Waals surface area contributed by atoms with E-state index in [-0.39, 0.29) is 29.3 Å². The van der Waals surface area contributed by atoms with Crippen LogP contribution in [0.1, 0.15) is 92.4 Å². The second-order valence-electron chi connectivity index (χ2n) is 12.5. The van der Waals surface area contributed by atoms with Gasteiger partial charge in [-0.3, -0.25) is 0 Å². The summed E-state index contributed by atoms with van der Waals surface area (Å²) in [5.74, 6) is -1.55. The van der Waals surface area contributed by atoms with E-state index in [9.17, 15) is 19.0 Å². The Balaban J connectivity index is 1.54. The molecule has 4 aliphatic carbocycles. The van der Waals surface area contributed by atoms with Crippen LogP contribution in [0.25, 0.3) is 0 Å². The molecule has 176 valence electrons. The lowest BCUT2D eigenvalue weighted by Crippen LogP contribution is -2.46. The molecule has 2 N–H and O–H groups in total. The lowest BCUT2D eigenvalue weighted by molar-refractivity contribution is -0.0956. The van der Waals surface area contributed by atoms with Crippen LogP contribution in [-0.4, -0.2) is 27.8 Å². The molecule has 0 aromatic carbocycles. The zero-order chi connectivity index (χ0) is 22.8. The molecule has 7 atom stereocenters. The highest BCUT2D eigenvalue weighted by Gasteiger charge is 2.57. The third-order valence-corrected chi connectivity index (χ3v) is 9.62. The van der Waals surface area contributed by atoms with Crippen LogP contribution in [0.4, 0.5) is 8.78 Å². The molecule has 0 radical (unpaired) electrons. The van der Waals surface area contributed by atoms with Gasteiger partial charge in [0.05, 0.1) is 11.7 Å². The van der Waals surface area contributed by atoms with E-state index in [1.165, 1.54) is 19.4 Å². The summed E-state index contributed by atoms with van der Waals surface area (Å²) in [5, 5.41) is 20.1. The van der Waals surface area contributed by atoms with E-state index in [0.29, 0.717) is 17.8 Å². The fourth-order valence-corrected chi connectivity index (χ4v) is 8.28. The van der Waals surface area contributed by atoms with Crippen LogP contribution in [-0.2, 0) is 0 Å². The van der Waals surface area contributed by atoms with Crippen molar-refractivity contribution in [2.45, 2.75) is 110 Å². The van der Waals surface area contributed by atoms with Crippen LogP contribution < -0.4 is 0 Å². The average molecular weight is 437 g/mol. The number of hydrogen-bond acceptors (Lipinski definition) is 2. The van der Waals surface area contributed by atoms with Crippen molar-refractivity contribution in [2.24, 2.45) is 34.5 Å². The van der Waals surface area contributed by atoms with E-state index in [1.807, 2.05) is 6.92 Å². The maximum Gasteiger partial charge on any atom is 0.251 e. The predicted octanol–water partition coefficient (Wildman–Crippen LogP) is 6.67. The average Bonchev–Trinajstić information content (AvgIpc) is 2.97. The van der Waals surface area contributed by atoms with Crippen LogP contribution >= 0.6 is 0 Å². The molecule has 31 heavy (non-hydrogen) atoms. The van der Waals surface area contributed by atoms with Crippen molar-refractivity contribution in [3.05, 3.63) is 23.3 Å². The number of alkyl halides is 2. The normalized spacial score (nSPS) is 41.6. The van der Waals surface area contributed by atoms with Gasteiger partial charge in [0.2, 0.25) is 0 Å². The van der Waals surface area contributed by atoms with Gasteiger partial charge in [-0.05, 0) is 93.3 Å². The second-order valence-corrected chi connectivity index (χ2v) is 12.5. The Labute approximate surface area is 187 Å². The SMILES string of the molecule is C[C@H](CC(F)(F)CC(C)(C)O)[C@H]1CC[C@H]2C3=CC=C4CC(O)CC[C@]4(C)[C@H]3CC[C@]12C.